The van der Waals surface area contributed by atoms with E-state index in [1.54, 1.807) is 0 Å². The predicted octanol–water partition coefficient (Wildman–Crippen LogP) is -1.54. The summed E-state index contributed by atoms with van der Waals surface area (Å²) in [5, 5.41) is 29.8. The van der Waals surface area contributed by atoms with Gasteiger partial charge in [-0.1, -0.05) is 6.08 Å². The Hall–Kier alpha value is -3.04. The van der Waals surface area contributed by atoms with E-state index >= 15 is 0 Å². The molecular formula is C22H30O14. The van der Waals surface area contributed by atoms with Crippen LogP contribution in [0.5, 0.6) is 0 Å². The van der Waals surface area contributed by atoms with Crippen molar-refractivity contribution in [2.75, 3.05) is 27.4 Å². The second-order valence-corrected chi connectivity index (χ2v) is 7.75. The lowest BCUT2D eigenvalue weighted by atomic mass is 9.86. The Kier molecular flexibility index (Phi) is 10.8. The third-order valence-corrected chi connectivity index (χ3v) is 5.38. The van der Waals surface area contributed by atoms with Crippen molar-refractivity contribution in [2.24, 2.45) is 5.92 Å². The van der Waals surface area contributed by atoms with Gasteiger partial charge >= 0.3 is 23.9 Å². The molecule has 2 rings (SSSR count). The molecule has 1 saturated heterocycles. The second kappa shape index (κ2) is 13.3. The highest BCUT2D eigenvalue weighted by Crippen LogP contribution is 2.37. The molecule has 2 aliphatic rings. The summed E-state index contributed by atoms with van der Waals surface area (Å²) in [6, 6.07) is 0. The fourth-order valence-electron chi connectivity index (χ4n) is 3.80. The van der Waals surface area contributed by atoms with Crippen molar-refractivity contribution in [3.63, 3.8) is 0 Å². The smallest absolute Gasteiger partial charge is 0.337 e. The fraction of sp³-hybridized carbons (Fsp3) is 0.636. The summed E-state index contributed by atoms with van der Waals surface area (Å²) in [4.78, 5) is 47.8. The minimum atomic E-state index is -1.58. The highest BCUT2D eigenvalue weighted by molar-refractivity contribution is 5.90. The van der Waals surface area contributed by atoms with Crippen LogP contribution in [0.1, 0.15) is 20.3 Å². The second-order valence-electron chi connectivity index (χ2n) is 7.75. The number of methoxy groups -OCH3 is 2. The van der Waals surface area contributed by atoms with Crippen molar-refractivity contribution in [3.05, 3.63) is 23.5 Å². The lowest BCUT2D eigenvalue weighted by Gasteiger charge is -2.44. The minimum Gasteiger partial charge on any atom is -0.469 e. The number of hydrogen-bond donors (Lipinski definition) is 3. The van der Waals surface area contributed by atoms with E-state index in [9.17, 15) is 34.5 Å². The van der Waals surface area contributed by atoms with Crippen LogP contribution in [0.2, 0.25) is 0 Å². The Labute approximate surface area is 206 Å². The monoisotopic (exact) mass is 518 g/mol. The number of hydrogen-bond acceptors (Lipinski definition) is 14. The number of aliphatic hydroxyl groups is 3. The van der Waals surface area contributed by atoms with Crippen LogP contribution < -0.4 is 0 Å². The van der Waals surface area contributed by atoms with E-state index in [0.717, 1.165) is 34.3 Å². The summed E-state index contributed by atoms with van der Waals surface area (Å²) >= 11 is 0. The van der Waals surface area contributed by atoms with E-state index in [-0.39, 0.29) is 17.6 Å². The molecule has 36 heavy (non-hydrogen) atoms. The molecule has 1 fully saturated rings. The molecule has 0 amide bonds. The van der Waals surface area contributed by atoms with Gasteiger partial charge in [0.1, 0.15) is 12.2 Å². The first-order valence-electron chi connectivity index (χ1n) is 10.8. The van der Waals surface area contributed by atoms with Crippen LogP contribution in [0.4, 0.5) is 0 Å². The highest BCUT2D eigenvalue weighted by Gasteiger charge is 2.51. The van der Waals surface area contributed by atoms with E-state index in [2.05, 4.69) is 0 Å². The molecule has 2 aliphatic heterocycles. The van der Waals surface area contributed by atoms with Crippen molar-refractivity contribution < 1.29 is 67.7 Å². The van der Waals surface area contributed by atoms with Crippen LogP contribution in [0, 0.1) is 5.92 Å². The molecule has 0 saturated carbocycles. The number of esters is 4. The van der Waals surface area contributed by atoms with Gasteiger partial charge in [0.15, 0.2) is 12.2 Å². The van der Waals surface area contributed by atoms with Gasteiger partial charge in [0.05, 0.1) is 45.7 Å². The zero-order valence-electron chi connectivity index (χ0n) is 20.1. The number of carbonyl (C=O) groups excluding carboxylic acids is 4. The van der Waals surface area contributed by atoms with Crippen molar-refractivity contribution in [1.82, 2.24) is 0 Å². The Balaban J connectivity index is 2.47. The van der Waals surface area contributed by atoms with Gasteiger partial charge in [-0.3, -0.25) is 14.4 Å². The zero-order valence-corrected chi connectivity index (χ0v) is 20.1. The third-order valence-electron chi connectivity index (χ3n) is 5.38. The fourth-order valence-corrected chi connectivity index (χ4v) is 3.80. The average molecular weight is 518 g/mol. The Morgan fingerprint density at radius 2 is 1.67 bits per heavy atom. The molecule has 7 atom stereocenters. The molecule has 0 aliphatic carbocycles. The molecule has 2 heterocycles. The van der Waals surface area contributed by atoms with Crippen LogP contribution in [-0.4, -0.2) is 104 Å². The molecule has 0 aromatic carbocycles. The van der Waals surface area contributed by atoms with Gasteiger partial charge < -0.3 is 48.5 Å². The van der Waals surface area contributed by atoms with E-state index in [0.29, 0.717) is 0 Å². The Bertz CT molecular complexity index is 880. The van der Waals surface area contributed by atoms with Gasteiger partial charge in [-0.05, 0) is 0 Å². The maximum absolute atomic E-state index is 12.3. The molecule has 14 heteroatoms. The standard InChI is InChI=1S/C22H30O14/c1-10(25)33-18-17(28)15(8-24)35-22(19(18)34-11(2)26)36-21-12(5-6-23)13(7-16(27)30-3)14(9-32-21)20(29)31-4/h5,9,13,15,17-19,21-24,28H,6-8H2,1-4H3/b12-5+/t13-,15+,17+,18-,19+,21-,22-/m0/s1. The summed E-state index contributed by atoms with van der Waals surface area (Å²) < 4.78 is 36.7. The van der Waals surface area contributed by atoms with Crippen molar-refractivity contribution in [2.45, 2.75) is 57.3 Å². The van der Waals surface area contributed by atoms with Crippen molar-refractivity contribution >= 4 is 23.9 Å². The zero-order chi connectivity index (χ0) is 27.0. The highest BCUT2D eigenvalue weighted by atomic mass is 16.8. The van der Waals surface area contributed by atoms with Gasteiger partial charge in [-0.15, -0.1) is 0 Å². The van der Waals surface area contributed by atoms with E-state index < -0.39 is 80.0 Å². The van der Waals surface area contributed by atoms with Gasteiger partial charge in [-0.2, -0.15) is 0 Å². The van der Waals surface area contributed by atoms with Crippen LogP contribution in [0.25, 0.3) is 0 Å². The van der Waals surface area contributed by atoms with Crippen LogP contribution in [0.15, 0.2) is 23.5 Å². The summed E-state index contributed by atoms with van der Waals surface area (Å²) in [7, 11) is 2.28. The predicted molar refractivity (Wildman–Crippen MR) is 114 cm³/mol. The maximum Gasteiger partial charge on any atom is 0.337 e. The Morgan fingerprint density at radius 1 is 1.03 bits per heavy atom. The largest absolute Gasteiger partial charge is 0.469 e. The quantitative estimate of drug-likeness (QED) is 0.180. The molecular weight excluding hydrogens is 488 g/mol. The van der Waals surface area contributed by atoms with Gasteiger partial charge in [-0.25, -0.2) is 4.79 Å². The topological polar surface area (TPSA) is 194 Å². The van der Waals surface area contributed by atoms with Crippen LogP contribution >= 0.6 is 0 Å². The Morgan fingerprint density at radius 3 is 2.19 bits per heavy atom. The number of carbonyl (C=O) groups is 4. The summed E-state index contributed by atoms with van der Waals surface area (Å²) in [6.45, 7) is 0.878. The summed E-state index contributed by atoms with van der Waals surface area (Å²) in [6.07, 6.45) is -6.98. The first-order chi connectivity index (χ1) is 17.1. The maximum atomic E-state index is 12.3. The normalized spacial score (nSPS) is 31.0. The van der Waals surface area contributed by atoms with E-state index in [1.165, 1.54) is 6.08 Å². The molecule has 202 valence electrons. The molecule has 0 spiro atoms. The lowest BCUT2D eigenvalue weighted by Crippen LogP contribution is -2.62. The summed E-state index contributed by atoms with van der Waals surface area (Å²) in [5.41, 5.74) is 0.0386. The SMILES string of the molecule is COC(=O)C[C@@H]1C(C(=O)OC)=CO[C@@H](O[C@@H]2O[C@H](CO)[C@@H](O)[C@H](OC(C)=O)[C@H]2OC(C)=O)/C1=C/CO. The van der Waals surface area contributed by atoms with E-state index in [4.69, 9.17) is 33.2 Å². The van der Waals surface area contributed by atoms with Crippen molar-refractivity contribution in [3.8, 4) is 0 Å². The first kappa shape index (κ1) is 29.2. The lowest BCUT2D eigenvalue weighted by molar-refractivity contribution is -0.330. The van der Waals surface area contributed by atoms with Gasteiger partial charge in [0.2, 0.25) is 12.6 Å². The number of ether oxygens (including phenoxy) is 7. The molecule has 0 aromatic heterocycles. The third kappa shape index (κ3) is 7.01. The molecule has 14 nitrogen and oxygen atoms in total. The molecule has 0 unspecified atom stereocenters. The van der Waals surface area contributed by atoms with Gasteiger partial charge in [0.25, 0.3) is 0 Å². The number of rotatable bonds is 9. The van der Waals surface area contributed by atoms with Crippen LogP contribution in [-0.2, 0) is 52.3 Å². The number of aliphatic hydroxyl groups excluding tert-OH is 3. The summed E-state index contributed by atoms with van der Waals surface area (Å²) in [5.74, 6) is -4.14. The minimum absolute atomic E-state index is 0.0648. The molecule has 0 aromatic rings. The van der Waals surface area contributed by atoms with E-state index in [1.807, 2.05) is 0 Å². The molecule has 0 bridgehead atoms. The average Bonchev–Trinajstić information content (AvgIpc) is 2.83. The van der Waals surface area contributed by atoms with Crippen LogP contribution in [0.3, 0.4) is 0 Å². The molecule has 0 radical (unpaired) electrons. The van der Waals surface area contributed by atoms with Crippen molar-refractivity contribution in [1.29, 1.82) is 0 Å². The molecule has 3 N–H and O–H groups in total. The first-order valence-corrected chi connectivity index (χ1v) is 10.8. The van der Waals surface area contributed by atoms with Gasteiger partial charge in [0, 0.05) is 25.3 Å².